The molecule has 2 aromatic carbocycles. The van der Waals surface area contributed by atoms with Crippen molar-refractivity contribution in [3.05, 3.63) is 58.1 Å². The van der Waals surface area contributed by atoms with Gasteiger partial charge in [-0.25, -0.2) is 0 Å². The van der Waals surface area contributed by atoms with Gasteiger partial charge in [-0.05, 0) is 101 Å². The van der Waals surface area contributed by atoms with Crippen LogP contribution in [-0.2, 0) is 0 Å². The third kappa shape index (κ3) is 4.57. The number of hydrogen-bond donors (Lipinski definition) is 0. The summed E-state index contributed by atoms with van der Waals surface area (Å²) in [4.78, 5) is 2.72. The van der Waals surface area contributed by atoms with Gasteiger partial charge in [-0.15, -0.1) is 23.5 Å². The van der Waals surface area contributed by atoms with Crippen LogP contribution >= 0.6 is 23.5 Å². The van der Waals surface area contributed by atoms with E-state index in [9.17, 15) is 0 Å². The van der Waals surface area contributed by atoms with E-state index in [1.807, 2.05) is 23.5 Å². The van der Waals surface area contributed by atoms with Crippen molar-refractivity contribution in [2.45, 2.75) is 62.3 Å². The van der Waals surface area contributed by atoms with Crippen LogP contribution < -0.4 is 0 Å². The van der Waals surface area contributed by atoms with E-state index in [2.05, 4.69) is 78.8 Å². The van der Waals surface area contributed by atoms with Gasteiger partial charge < -0.3 is 0 Å². The SMILES string of the molecule is Cc1cc(C)cc(SC(C)(C)Sc2cc(C)c(C)c(C)c2)c1. The van der Waals surface area contributed by atoms with Gasteiger partial charge >= 0.3 is 0 Å². The number of aryl methyl sites for hydroxylation is 4. The fraction of sp³-hybridized carbons (Fsp3) is 0.400. The lowest BCUT2D eigenvalue weighted by atomic mass is 10.1. The van der Waals surface area contributed by atoms with Crippen LogP contribution in [0.4, 0.5) is 0 Å². The standard InChI is InChI=1S/C20H26S2/c1-13-8-14(2)10-18(9-13)21-20(6,7)22-19-11-15(3)17(5)16(4)12-19/h8-12H,1-7H3. The Morgan fingerprint density at radius 1 is 0.636 bits per heavy atom. The van der Waals surface area contributed by atoms with Crippen LogP contribution in [0.15, 0.2) is 40.1 Å². The highest BCUT2D eigenvalue weighted by Gasteiger charge is 2.22. The van der Waals surface area contributed by atoms with E-state index in [-0.39, 0.29) is 4.08 Å². The molecule has 0 radical (unpaired) electrons. The van der Waals surface area contributed by atoms with E-state index in [4.69, 9.17) is 0 Å². The Bertz CT molecular complexity index is 641. The van der Waals surface area contributed by atoms with E-state index < -0.39 is 0 Å². The van der Waals surface area contributed by atoms with Gasteiger partial charge in [-0.2, -0.15) is 0 Å². The molecule has 118 valence electrons. The summed E-state index contributed by atoms with van der Waals surface area (Å²) in [6.07, 6.45) is 0. The second-order valence-electron chi connectivity index (χ2n) is 6.61. The minimum absolute atomic E-state index is 0.106. The van der Waals surface area contributed by atoms with Gasteiger partial charge in [0.2, 0.25) is 0 Å². The van der Waals surface area contributed by atoms with Crippen LogP contribution in [0.3, 0.4) is 0 Å². The van der Waals surface area contributed by atoms with Gasteiger partial charge in [0, 0.05) is 9.79 Å². The van der Waals surface area contributed by atoms with Crippen LogP contribution in [0.25, 0.3) is 0 Å². The summed E-state index contributed by atoms with van der Waals surface area (Å²) < 4.78 is 0.106. The zero-order valence-electron chi connectivity index (χ0n) is 14.7. The maximum Gasteiger partial charge on any atom is 0.0649 e. The molecule has 0 fully saturated rings. The summed E-state index contributed by atoms with van der Waals surface area (Å²) in [5.41, 5.74) is 6.85. The third-order valence-corrected chi connectivity index (χ3v) is 6.25. The first-order valence-electron chi connectivity index (χ1n) is 7.70. The number of thioether (sulfide) groups is 2. The molecule has 0 nitrogen and oxygen atoms in total. The van der Waals surface area contributed by atoms with Crippen molar-refractivity contribution in [1.82, 2.24) is 0 Å². The average molecular weight is 331 g/mol. The molecule has 0 unspecified atom stereocenters. The van der Waals surface area contributed by atoms with Crippen molar-refractivity contribution < 1.29 is 0 Å². The molecule has 0 aromatic heterocycles. The molecule has 0 saturated carbocycles. The van der Waals surface area contributed by atoms with Crippen LogP contribution in [0, 0.1) is 34.6 Å². The van der Waals surface area contributed by atoms with Crippen molar-refractivity contribution in [3.8, 4) is 0 Å². The van der Waals surface area contributed by atoms with Crippen LogP contribution in [0.1, 0.15) is 41.7 Å². The largest absolute Gasteiger partial charge is 0.109 e. The molecule has 0 aliphatic carbocycles. The fourth-order valence-corrected chi connectivity index (χ4v) is 5.48. The van der Waals surface area contributed by atoms with Gasteiger partial charge in [0.05, 0.1) is 4.08 Å². The van der Waals surface area contributed by atoms with E-state index in [0.717, 1.165) is 0 Å². The maximum atomic E-state index is 2.32. The zero-order chi connectivity index (χ0) is 16.5. The zero-order valence-corrected chi connectivity index (χ0v) is 16.3. The van der Waals surface area contributed by atoms with E-state index in [0.29, 0.717) is 0 Å². The van der Waals surface area contributed by atoms with Gasteiger partial charge in [-0.1, -0.05) is 6.07 Å². The summed E-state index contributed by atoms with van der Waals surface area (Å²) in [5, 5.41) is 0. The van der Waals surface area contributed by atoms with Crippen LogP contribution in [-0.4, -0.2) is 4.08 Å². The molecular formula is C20H26S2. The van der Waals surface area contributed by atoms with E-state index >= 15 is 0 Å². The lowest BCUT2D eigenvalue weighted by molar-refractivity contribution is 1.02. The Hall–Kier alpha value is -0.860. The maximum absolute atomic E-state index is 2.32. The molecule has 0 bridgehead atoms. The predicted molar refractivity (Wildman–Crippen MR) is 102 cm³/mol. The molecule has 0 atom stereocenters. The monoisotopic (exact) mass is 330 g/mol. The van der Waals surface area contributed by atoms with Crippen molar-refractivity contribution in [2.24, 2.45) is 0 Å². The van der Waals surface area contributed by atoms with Gasteiger partial charge in [-0.3, -0.25) is 0 Å². The molecule has 2 aromatic rings. The molecule has 0 heterocycles. The molecule has 0 aliphatic rings. The lowest BCUT2D eigenvalue weighted by Crippen LogP contribution is -2.08. The van der Waals surface area contributed by atoms with Gasteiger partial charge in [0.1, 0.15) is 0 Å². The summed E-state index contributed by atoms with van der Waals surface area (Å²) in [5.74, 6) is 0. The second-order valence-corrected chi connectivity index (χ2v) is 10.3. The van der Waals surface area contributed by atoms with Crippen LogP contribution in [0.2, 0.25) is 0 Å². The summed E-state index contributed by atoms with van der Waals surface area (Å²) in [6, 6.07) is 11.4. The molecule has 0 spiro atoms. The second kappa shape index (κ2) is 6.72. The molecule has 0 N–H and O–H groups in total. The first-order valence-corrected chi connectivity index (χ1v) is 9.34. The first-order chi connectivity index (χ1) is 10.2. The Morgan fingerprint density at radius 3 is 1.50 bits per heavy atom. The highest BCUT2D eigenvalue weighted by atomic mass is 32.2. The van der Waals surface area contributed by atoms with E-state index in [1.165, 1.54) is 37.6 Å². The van der Waals surface area contributed by atoms with Crippen molar-refractivity contribution in [1.29, 1.82) is 0 Å². The molecule has 2 rings (SSSR count). The van der Waals surface area contributed by atoms with Crippen molar-refractivity contribution >= 4 is 23.5 Å². The summed E-state index contributed by atoms with van der Waals surface area (Å²) >= 11 is 3.90. The Morgan fingerprint density at radius 2 is 1.05 bits per heavy atom. The van der Waals surface area contributed by atoms with Gasteiger partial charge in [0.25, 0.3) is 0 Å². The Labute approximate surface area is 144 Å². The molecule has 2 heteroatoms. The van der Waals surface area contributed by atoms with Crippen molar-refractivity contribution in [3.63, 3.8) is 0 Å². The highest BCUT2D eigenvalue weighted by molar-refractivity contribution is 8.18. The first kappa shape index (κ1) is 17.5. The normalized spacial score (nSPS) is 11.8. The van der Waals surface area contributed by atoms with Crippen molar-refractivity contribution in [2.75, 3.05) is 0 Å². The molecular weight excluding hydrogens is 304 g/mol. The minimum atomic E-state index is 0.106. The van der Waals surface area contributed by atoms with E-state index in [1.54, 1.807) is 0 Å². The Balaban J connectivity index is 2.20. The molecule has 0 amide bonds. The molecule has 0 aliphatic heterocycles. The number of hydrogen-bond acceptors (Lipinski definition) is 2. The summed E-state index contributed by atoms with van der Waals surface area (Å²) in [7, 11) is 0. The quantitative estimate of drug-likeness (QED) is 0.444. The smallest absolute Gasteiger partial charge is 0.0649 e. The third-order valence-electron chi connectivity index (χ3n) is 3.82. The predicted octanol–water partition coefficient (Wildman–Crippen LogP) is 6.85. The molecule has 0 saturated heterocycles. The fourth-order valence-electron chi connectivity index (χ4n) is 2.64. The Kier molecular flexibility index (Phi) is 5.34. The minimum Gasteiger partial charge on any atom is -0.109 e. The van der Waals surface area contributed by atoms with Gasteiger partial charge in [0.15, 0.2) is 0 Å². The lowest BCUT2D eigenvalue weighted by Gasteiger charge is -2.24. The summed E-state index contributed by atoms with van der Waals surface area (Å²) in [6.45, 7) is 15.6. The van der Waals surface area contributed by atoms with Crippen LogP contribution in [0.5, 0.6) is 0 Å². The average Bonchev–Trinajstić information content (AvgIpc) is 2.33. The topological polar surface area (TPSA) is 0 Å². The number of rotatable bonds is 4. The molecule has 22 heavy (non-hydrogen) atoms. The number of benzene rings is 2. The highest BCUT2D eigenvalue weighted by Crippen LogP contribution is 2.45.